The first-order chi connectivity index (χ1) is 3.15. The maximum absolute atomic E-state index is 8.68. The second-order valence-electron chi connectivity index (χ2n) is 1.84. The molecule has 0 aromatic rings. The first-order valence-corrected chi connectivity index (χ1v) is 5.05. The van der Waals surface area contributed by atoms with Gasteiger partial charge in [-0.1, -0.05) is 20.8 Å². The van der Waals surface area contributed by atoms with Gasteiger partial charge in [-0.15, -0.1) is 0 Å². The van der Waals surface area contributed by atoms with Gasteiger partial charge in [-0.2, -0.15) is 0 Å². The molecule has 0 aliphatic heterocycles. The minimum absolute atomic E-state index is 0.833. The number of hydrogen-bond donors (Lipinski definition) is 1. The van der Waals surface area contributed by atoms with Crippen LogP contribution in [0.1, 0.15) is 20.8 Å². The molecule has 0 aliphatic carbocycles. The van der Waals surface area contributed by atoms with Crippen LogP contribution in [0.5, 0.6) is 0 Å². The number of hydrogen-bond acceptors (Lipinski definition) is 1. The third-order valence-corrected chi connectivity index (χ3v) is 0. The van der Waals surface area contributed by atoms with Crippen LogP contribution >= 0.6 is 0 Å². The Hall–Kier alpha value is 0.559. The van der Waals surface area contributed by atoms with Crippen molar-refractivity contribution in [1.82, 2.24) is 0 Å². The van der Waals surface area contributed by atoms with Gasteiger partial charge in [0.1, 0.15) is 0 Å². The molecule has 3 heteroatoms. The molecule has 0 unspecified atom stereocenters. The maximum atomic E-state index is 8.68. The molecule has 7 heavy (non-hydrogen) atoms. The minimum atomic E-state index is -2.14. The molecule has 0 radical (unpaired) electrons. The van der Waals surface area contributed by atoms with E-state index in [9.17, 15) is 0 Å². The van der Waals surface area contributed by atoms with Crippen molar-refractivity contribution in [3.63, 3.8) is 0 Å². The van der Waals surface area contributed by atoms with E-state index >= 15 is 0 Å². The molecule has 0 fully saturated rings. The van der Waals surface area contributed by atoms with Crippen LogP contribution in [0.2, 0.25) is 0 Å². The van der Waals surface area contributed by atoms with Crippen LogP contribution in [0, 0.1) is 5.92 Å². The van der Waals surface area contributed by atoms with Gasteiger partial charge in [-0.05, 0) is 5.92 Å². The summed E-state index contributed by atoms with van der Waals surface area (Å²) in [6.07, 6.45) is 0. The van der Waals surface area contributed by atoms with Crippen molar-refractivity contribution in [1.29, 1.82) is 0 Å². The Labute approximate surface area is 55.1 Å². The summed E-state index contributed by atoms with van der Waals surface area (Å²) >= 11 is -2.14. The van der Waals surface area contributed by atoms with Gasteiger partial charge in [0.05, 0.1) is 0 Å². The van der Waals surface area contributed by atoms with Crippen LogP contribution in [0.4, 0.5) is 0 Å². The predicted octanol–water partition coefficient (Wildman–Crippen LogP) is 0.338. The fourth-order valence-corrected chi connectivity index (χ4v) is 0. The van der Waals surface area contributed by atoms with Crippen LogP contribution in [0.25, 0.3) is 0 Å². The molecule has 0 spiro atoms. The Bertz CT molecular complexity index is 33.9. The standard InChI is InChI=1S/C4H10.H2O.O.Sn.H/c1-4(2)3;;;;/h4H,1-3H3;1H2;;;/q;;;+1;/p-1. The van der Waals surface area contributed by atoms with Gasteiger partial charge in [0, 0.05) is 0 Å². The molecule has 0 bridgehead atoms. The summed E-state index contributed by atoms with van der Waals surface area (Å²) in [6.45, 7) is 6.50. The first kappa shape index (κ1) is 10.5. The van der Waals surface area contributed by atoms with Crippen molar-refractivity contribution in [2.45, 2.75) is 20.8 Å². The normalized spacial score (nSPS) is 7.00. The van der Waals surface area contributed by atoms with E-state index in [2.05, 4.69) is 20.8 Å². The average Bonchev–Trinajstić information content (AvgIpc) is 1.33. The molecule has 0 atom stereocenters. The second-order valence-corrected chi connectivity index (χ2v) is 2.44. The van der Waals surface area contributed by atoms with Crippen LogP contribution in [-0.4, -0.2) is 25.0 Å². The third-order valence-electron chi connectivity index (χ3n) is 0. The van der Waals surface area contributed by atoms with Gasteiger partial charge in [-0.25, -0.2) is 0 Å². The van der Waals surface area contributed by atoms with E-state index in [1.54, 1.807) is 0 Å². The van der Waals surface area contributed by atoms with Crippen LogP contribution < -0.4 is 0 Å². The summed E-state index contributed by atoms with van der Waals surface area (Å²) in [4.78, 5) is 0. The average molecular weight is 211 g/mol. The van der Waals surface area contributed by atoms with Crippen molar-refractivity contribution in [2.75, 3.05) is 0 Å². The molecular weight excluding hydrogens is 199 g/mol. The van der Waals surface area contributed by atoms with Crippen molar-refractivity contribution in [3.8, 4) is 0 Å². The Morgan fingerprint density at radius 1 is 1.43 bits per heavy atom. The Morgan fingerprint density at radius 3 is 1.43 bits per heavy atom. The van der Waals surface area contributed by atoms with Gasteiger partial charge in [0.15, 0.2) is 0 Å². The van der Waals surface area contributed by atoms with Crippen molar-refractivity contribution in [3.05, 3.63) is 0 Å². The van der Waals surface area contributed by atoms with Crippen LogP contribution in [-0.2, 0) is 3.08 Å². The zero-order valence-corrected chi connectivity index (χ0v) is 8.31. The van der Waals surface area contributed by atoms with E-state index in [1.807, 2.05) is 0 Å². The third kappa shape index (κ3) is 437. The topological polar surface area (TPSA) is 37.3 Å². The molecule has 0 aromatic carbocycles. The Balaban J connectivity index is 0. The Morgan fingerprint density at radius 2 is 1.43 bits per heavy atom. The monoisotopic (exact) mass is 212 g/mol. The molecule has 0 heterocycles. The van der Waals surface area contributed by atoms with Crippen molar-refractivity contribution < 1.29 is 6.52 Å². The SMILES string of the molecule is CC(C)C.[O]=[SnH][OH]. The number of rotatable bonds is 0. The summed E-state index contributed by atoms with van der Waals surface area (Å²) in [7, 11) is 0. The summed E-state index contributed by atoms with van der Waals surface area (Å²) in [6, 6.07) is 0. The molecule has 44 valence electrons. The van der Waals surface area contributed by atoms with E-state index < -0.39 is 21.5 Å². The quantitative estimate of drug-likeness (QED) is 0.586. The van der Waals surface area contributed by atoms with E-state index in [0.717, 1.165) is 5.92 Å². The van der Waals surface area contributed by atoms with Crippen molar-refractivity contribution >= 4 is 21.5 Å². The predicted molar refractivity (Wildman–Crippen MR) is 30.6 cm³/mol. The van der Waals surface area contributed by atoms with Crippen LogP contribution in [0.3, 0.4) is 0 Å². The van der Waals surface area contributed by atoms with Gasteiger partial charge in [0.25, 0.3) is 0 Å². The molecule has 0 aromatic heterocycles. The zero-order chi connectivity index (χ0) is 6.28. The summed E-state index contributed by atoms with van der Waals surface area (Å²) < 4.78 is 15.9. The molecule has 0 saturated carbocycles. The van der Waals surface area contributed by atoms with Crippen molar-refractivity contribution in [2.24, 2.45) is 5.92 Å². The van der Waals surface area contributed by atoms with Gasteiger partial charge in [0.2, 0.25) is 0 Å². The molecule has 0 rings (SSSR count). The summed E-state index contributed by atoms with van der Waals surface area (Å²) in [5.41, 5.74) is 0. The summed E-state index contributed by atoms with van der Waals surface area (Å²) in [5, 5.41) is 0. The molecule has 0 aliphatic rings. The molecule has 2 nitrogen and oxygen atoms in total. The van der Waals surface area contributed by atoms with Gasteiger partial charge >= 0.3 is 28.1 Å². The van der Waals surface area contributed by atoms with E-state index in [-0.39, 0.29) is 0 Å². The fourth-order valence-electron chi connectivity index (χ4n) is 0. The van der Waals surface area contributed by atoms with Gasteiger partial charge in [-0.3, -0.25) is 0 Å². The fraction of sp³-hybridized carbons (Fsp3) is 1.00. The van der Waals surface area contributed by atoms with E-state index in [1.165, 1.54) is 0 Å². The van der Waals surface area contributed by atoms with E-state index in [4.69, 9.17) is 6.52 Å². The first-order valence-electron chi connectivity index (χ1n) is 2.23. The Kier molecular flexibility index (Phi) is 14.7. The zero-order valence-electron chi connectivity index (χ0n) is 5.01. The molecule has 0 amide bonds. The molecule has 0 saturated heterocycles. The van der Waals surface area contributed by atoms with E-state index in [0.29, 0.717) is 0 Å². The summed E-state index contributed by atoms with van der Waals surface area (Å²) in [5.74, 6) is 0.833. The van der Waals surface area contributed by atoms with Crippen LogP contribution in [0.15, 0.2) is 0 Å². The molecule has 1 N–H and O–H groups in total. The second kappa shape index (κ2) is 9.75. The molecular formula is C4H12O2Sn. The van der Waals surface area contributed by atoms with Gasteiger partial charge < -0.3 is 0 Å².